The molecule has 3 rings (SSSR count). The van der Waals surface area contributed by atoms with E-state index in [2.05, 4.69) is 17.2 Å². The lowest BCUT2D eigenvalue weighted by Gasteiger charge is -2.02. The fourth-order valence-electron chi connectivity index (χ4n) is 2.14. The molecule has 0 aliphatic heterocycles. The summed E-state index contributed by atoms with van der Waals surface area (Å²) in [5.41, 5.74) is 0.876. The van der Waals surface area contributed by atoms with Crippen molar-refractivity contribution in [2.75, 3.05) is 6.54 Å². The Labute approximate surface area is 143 Å². The van der Waals surface area contributed by atoms with Gasteiger partial charge < -0.3 is 9.73 Å². The van der Waals surface area contributed by atoms with E-state index in [1.807, 2.05) is 6.07 Å². The number of halogens is 1. The monoisotopic (exact) mass is 337 g/mol. The van der Waals surface area contributed by atoms with Crippen LogP contribution in [0.25, 0.3) is 11.0 Å². The standard InChI is InChI=1S/C19H12ClNO3/c20-14-7-3-5-13(11-14)6-4-10-21-19(23)18-12-16(22)15-8-1-2-9-17(15)24-18/h1-3,5,7-9,11-12H,10H2,(H,21,23). The van der Waals surface area contributed by atoms with E-state index in [0.717, 1.165) is 5.56 Å². The maximum absolute atomic E-state index is 12.1. The molecule has 0 atom stereocenters. The molecule has 0 aliphatic carbocycles. The number of fused-ring (bicyclic) bond motifs is 1. The molecule has 1 heterocycles. The van der Waals surface area contributed by atoms with E-state index in [4.69, 9.17) is 16.0 Å². The summed E-state index contributed by atoms with van der Waals surface area (Å²) in [7, 11) is 0. The average molecular weight is 338 g/mol. The van der Waals surface area contributed by atoms with Gasteiger partial charge in [-0.25, -0.2) is 0 Å². The fourth-order valence-corrected chi connectivity index (χ4v) is 2.33. The summed E-state index contributed by atoms with van der Waals surface area (Å²) in [6.45, 7) is 0.127. The van der Waals surface area contributed by atoms with E-state index in [9.17, 15) is 9.59 Å². The smallest absolute Gasteiger partial charge is 0.287 e. The number of para-hydroxylation sites is 1. The number of nitrogens with one attached hydrogen (secondary N) is 1. The maximum atomic E-state index is 12.1. The molecule has 0 radical (unpaired) electrons. The molecule has 0 aliphatic rings. The molecule has 3 aromatic rings. The van der Waals surface area contributed by atoms with Crippen LogP contribution in [0.1, 0.15) is 16.1 Å². The minimum absolute atomic E-state index is 0.0387. The van der Waals surface area contributed by atoms with Gasteiger partial charge in [0.2, 0.25) is 0 Å². The second-order valence-electron chi connectivity index (χ2n) is 4.97. The van der Waals surface area contributed by atoms with E-state index in [1.165, 1.54) is 6.07 Å². The molecule has 0 bridgehead atoms. The Balaban J connectivity index is 1.71. The van der Waals surface area contributed by atoms with Crippen molar-refractivity contribution in [2.45, 2.75) is 0 Å². The first-order valence-electron chi connectivity index (χ1n) is 7.19. The van der Waals surface area contributed by atoms with Crippen LogP contribution in [0.15, 0.2) is 63.8 Å². The zero-order valence-electron chi connectivity index (χ0n) is 12.5. The molecule has 0 fully saturated rings. The van der Waals surface area contributed by atoms with E-state index in [-0.39, 0.29) is 17.7 Å². The number of hydrogen-bond donors (Lipinski definition) is 1. The molecular weight excluding hydrogens is 326 g/mol. The second kappa shape index (κ2) is 7.03. The van der Waals surface area contributed by atoms with Gasteiger partial charge in [0.05, 0.1) is 11.9 Å². The first kappa shape index (κ1) is 15.9. The Kier molecular flexibility index (Phi) is 4.64. The van der Waals surface area contributed by atoms with Crippen LogP contribution >= 0.6 is 11.6 Å². The molecule has 1 aromatic heterocycles. The molecule has 118 valence electrons. The zero-order chi connectivity index (χ0) is 16.9. The molecule has 4 nitrogen and oxygen atoms in total. The van der Waals surface area contributed by atoms with Crippen molar-refractivity contribution in [3.8, 4) is 11.8 Å². The molecule has 1 N–H and O–H groups in total. The third-order valence-corrected chi connectivity index (χ3v) is 3.49. The van der Waals surface area contributed by atoms with Gasteiger partial charge in [0.25, 0.3) is 5.91 Å². The van der Waals surface area contributed by atoms with Gasteiger partial charge in [-0.1, -0.05) is 41.6 Å². The second-order valence-corrected chi connectivity index (χ2v) is 5.40. The Morgan fingerprint density at radius 3 is 2.79 bits per heavy atom. The van der Waals surface area contributed by atoms with Crippen LogP contribution in [0.4, 0.5) is 0 Å². The lowest BCUT2D eigenvalue weighted by molar-refractivity contribution is 0.0931. The molecule has 0 saturated heterocycles. The lowest BCUT2D eigenvalue weighted by atomic mass is 10.2. The summed E-state index contributed by atoms with van der Waals surface area (Å²) < 4.78 is 5.46. The minimum atomic E-state index is -0.488. The number of carbonyl (C=O) groups excluding carboxylic acids is 1. The fraction of sp³-hybridized carbons (Fsp3) is 0.0526. The van der Waals surface area contributed by atoms with Crippen LogP contribution in [-0.2, 0) is 0 Å². The van der Waals surface area contributed by atoms with Gasteiger partial charge in [0.1, 0.15) is 5.58 Å². The predicted molar refractivity (Wildman–Crippen MR) is 93.1 cm³/mol. The summed E-state index contributed by atoms with van der Waals surface area (Å²) in [6, 6.07) is 15.1. The third-order valence-electron chi connectivity index (χ3n) is 3.25. The highest BCUT2D eigenvalue weighted by Crippen LogP contribution is 2.11. The highest BCUT2D eigenvalue weighted by Gasteiger charge is 2.10. The van der Waals surface area contributed by atoms with Crippen molar-refractivity contribution < 1.29 is 9.21 Å². The quantitative estimate of drug-likeness (QED) is 0.730. The van der Waals surface area contributed by atoms with Crippen LogP contribution in [0.2, 0.25) is 5.02 Å². The molecule has 24 heavy (non-hydrogen) atoms. The van der Waals surface area contributed by atoms with Gasteiger partial charge in [-0.2, -0.15) is 0 Å². The maximum Gasteiger partial charge on any atom is 0.287 e. The first-order chi connectivity index (χ1) is 11.6. The predicted octanol–water partition coefficient (Wildman–Crippen LogP) is 3.23. The van der Waals surface area contributed by atoms with E-state index in [1.54, 1.807) is 42.5 Å². The normalized spacial score (nSPS) is 10.0. The van der Waals surface area contributed by atoms with E-state index < -0.39 is 5.91 Å². The average Bonchev–Trinajstić information content (AvgIpc) is 2.58. The van der Waals surface area contributed by atoms with Crippen molar-refractivity contribution in [1.29, 1.82) is 0 Å². The van der Waals surface area contributed by atoms with Gasteiger partial charge in [-0.3, -0.25) is 9.59 Å². The van der Waals surface area contributed by atoms with Gasteiger partial charge in [-0.05, 0) is 30.3 Å². The van der Waals surface area contributed by atoms with Gasteiger partial charge in [-0.15, -0.1) is 0 Å². The number of benzene rings is 2. The Bertz CT molecular complexity index is 1030. The van der Waals surface area contributed by atoms with Crippen molar-refractivity contribution in [3.05, 3.63) is 81.2 Å². The van der Waals surface area contributed by atoms with Crippen LogP contribution < -0.4 is 10.7 Å². The van der Waals surface area contributed by atoms with Crippen LogP contribution in [0, 0.1) is 11.8 Å². The topological polar surface area (TPSA) is 59.3 Å². The van der Waals surface area contributed by atoms with Gasteiger partial charge in [0.15, 0.2) is 11.2 Å². The number of amides is 1. The third kappa shape index (κ3) is 3.65. The largest absolute Gasteiger partial charge is 0.451 e. The van der Waals surface area contributed by atoms with Crippen LogP contribution in [0.3, 0.4) is 0 Å². The van der Waals surface area contributed by atoms with E-state index >= 15 is 0 Å². The van der Waals surface area contributed by atoms with Crippen molar-refractivity contribution in [3.63, 3.8) is 0 Å². The highest BCUT2D eigenvalue weighted by molar-refractivity contribution is 6.30. The summed E-state index contributed by atoms with van der Waals surface area (Å²) in [5, 5.41) is 3.64. The molecule has 2 aromatic carbocycles. The summed E-state index contributed by atoms with van der Waals surface area (Å²) >= 11 is 5.87. The van der Waals surface area contributed by atoms with Crippen molar-refractivity contribution >= 4 is 28.5 Å². The zero-order valence-corrected chi connectivity index (χ0v) is 13.3. The molecule has 0 spiro atoms. The van der Waals surface area contributed by atoms with Gasteiger partial charge >= 0.3 is 0 Å². The van der Waals surface area contributed by atoms with Gasteiger partial charge in [0, 0.05) is 16.7 Å². The Morgan fingerprint density at radius 2 is 1.96 bits per heavy atom. The first-order valence-corrected chi connectivity index (χ1v) is 7.57. The SMILES string of the molecule is O=C(NCC#Cc1cccc(Cl)c1)c1cc(=O)c2ccccc2o1. The van der Waals surface area contributed by atoms with E-state index in [0.29, 0.717) is 16.0 Å². The summed E-state index contributed by atoms with van der Waals surface area (Å²) in [4.78, 5) is 24.0. The van der Waals surface area contributed by atoms with Crippen LogP contribution in [0.5, 0.6) is 0 Å². The molecular formula is C19H12ClNO3. The number of rotatable bonds is 2. The number of hydrogen-bond acceptors (Lipinski definition) is 3. The van der Waals surface area contributed by atoms with Crippen LogP contribution in [-0.4, -0.2) is 12.5 Å². The molecule has 5 heteroatoms. The van der Waals surface area contributed by atoms with Crippen molar-refractivity contribution in [1.82, 2.24) is 5.32 Å². The molecule has 1 amide bonds. The molecule has 0 saturated carbocycles. The molecule has 0 unspecified atom stereocenters. The lowest BCUT2D eigenvalue weighted by Crippen LogP contribution is -2.24. The Morgan fingerprint density at radius 1 is 1.12 bits per heavy atom. The minimum Gasteiger partial charge on any atom is -0.451 e. The summed E-state index contributed by atoms with van der Waals surface area (Å²) in [6.07, 6.45) is 0. The Hall–Kier alpha value is -3.03. The number of carbonyl (C=O) groups is 1. The summed E-state index contributed by atoms with van der Waals surface area (Å²) in [5.74, 6) is 5.19. The van der Waals surface area contributed by atoms with Crippen molar-refractivity contribution in [2.24, 2.45) is 0 Å². The highest BCUT2D eigenvalue weighted by atomic mass is 35.5.